The molecule has 0 spiro atoms. The molecule has 1 aromatic heterocycles. The third kappa shape index (κ3) is 4.24. The Morgan fingerprint density at radius 2 is 2.04 bits per heavy atom. The Hall–Kier alpha value is -2.69. The van der Waals surface area contributed by atoms with Crippen LogP contribution >= 0.6 is 11.3 Å². The van der Waals surface area contributed by atoms with E-state index in [2.05, 4.69) is 21.0 Å². The van der Waals surface area contributed by atoms with E-state index in [0.29, 0.717) is 23.2 Å². The van der Waals surface area contributed by atoms with E-state index in [0.717, 1.165) is 13.1 Å². The molecule has 5 N–H and O–H groups in total. The number of nitrogens with one attached hydrogen (secondary N) is 3. The number of hydrazine groups is 1. The van der Waals surface area contributed by atoms with E-state index < -0.39 is 12.0 Å². The molecule has 0 bridgehead atoms. The smallest absolute Gasteiger partial charge is 0.409 e. The number of aromatic nitrogens is 1. The third-order valence-electron chi connectivity index (χ3n) is 3.57. The van der Waals surface area contributed by atoms with E-state index in [9.17, 15) is 9.59 Å². The molecule has 2 aromatic rings. The lowest BCUT2D eigenvalue weighted by Crippen LogP contribution is -2.47. The molecule has 25 heavy (non-hydrogen) atoms. The summed E-state index contributed by atoms with van der Waals surface area (Å²) in [7, 11) is 0. The summed E-state index contributed by atoms with van der Waals surface area (Å²) in [5.41, 5.74) is 2.71. The Balaban J connectivity index is 1.71. The molecule has 3 rings (SSSR count). The largest absolute Gasteiger partial charge is 0.415 e. The fourth-order valence-electron chi connectivity index (χ4n) is 2.31. The lowest BCUT2D eigenvalue weighted by molar-refractivity contribution is 0.102. The number of rotatable bonds is 4. The molecule has 0 atom stereocenters. The van der Waals surface area contributed by atoms with Crippen molar-refractivity contribution in [3.8, 4) is 5.75 Å². The van der Waals surface area contributed by atoms with Crippen molar-refractivity contribution in [2.24, 2.45) is 5.84 Å². The predicted octanol–water partition coefficient (Wildman–Crippen LogP) is 1.08. The van der Waals surface area contributed by atoms with Gasteiger partial charge in [0.1, 0.15) is 10.8 Å². The molecule has 0 unspecified atom stereocenters. The number of nitrogens with zero attached hydrogens (tertiary/aromatic N) is 2. The van der Waals surface area contributed by atoms with Gasteiger partial charge in [0.15, 0.2) is 5.13 Å². The number of anilines is 2. The molecule has 0 aliphatic carbocycles. The van der Waals surface area contributed by atoms with Gasteiger partial charge in [-0.2, -0.15) is 0 Å². The van der Waals surface area contributed by atoms with Gasteiger partial charge in [-0.25, -0.2) is 15.6 Å². The molecule has 9 nitrogen and oxygen atoms in total. The number of hydrogen-bond acceptors (Lipinski definition) is 8. The molecular weight excluding hydrogens is 344 g/mol. The van der Waals surface area contributed by atoms with Crippen molar-refractivity contribution < 1.29 is 14.3 Å². The van der Waals surface area contributed by atoms with E-state index in [1.165, 1.54) is 17.5 Å². The summed E-state index contributed by atoms with van der Waals surface area (Å²) in [5, 5.41) is 6.84. The molecule has 10 heteroatoms. The summed E-state index contributed by atoms with van der Waals surface area (Å²) in [5.74, 6) is 5.09. The maximum Gasteiger partial charge on any atom is 0.415 e. The Labute approximate surface area is 148 Å². The number of amides is 2. The highest BCUT2D eigenvalue weighted by atomic mass is 32.1. The maximum atomic E-state index is 12.5. The van der Waals surface area contributed by atoms with Crippen LogP contribution < -0.4 is 26.6 Å². The van der Waals surface area contributed by atoms with Gasteiger partial charge in [-0.1, -0.05) is 23.5 Å². The molecule has 0 saturated carbocycles. The Kier molecular flexibility index (Phi) is 5.43. The first-order valence-corrected chi connectivity index (χ1v) is 8.49. The summed E-state index contributed by atoms with van der Waals surface area (Å²) in [6.45, 7) is 2.58. The Morgan fingerprint density at radius 3 is 2.76 bits per heavy atom. The highest BCUT2D eigenvalue weighted by Crippen LogP contribution is 2.25. The number of hydrogen-bond donors (Lipinski definition) is 4. The van der Waals surface area contributed by atoms with Crippen molar-refractivity contribution >= 4 is 33.5 Å². The number of thiazole rings is 1. The van der Waals surface area contributed by atoms with Gasteiger partial charge in [0.05, 0.1) is 11.8 Å². The molecule has 1 aliphatic rings. The first-order chi connectivity index (χ1) is 12.2. The number of nitrogens with two attached hydrogens (primary N) is 1. The van der Waals surface area contributed by atoms with E-state index in [1.54, 1.807) is 29.2 Å². The minimum absolute atomic E-state index is 0.206. The van der Waals surface area contributed by atoms with Crippen LogP contribution in [0.2, 0.25) is 0 Å². The van der Waals surface area contributed by atoms with Gasteiger partial charge in [0.2, 0.25) is 0 Å². The van der Waals surface area contributed by atoms with Crippen LogP contribution in [0.25, 0.3) is 0 Å². The van der Waals surface area contributed by atoms with Crippen molar-refractivity contribution in [1.82, 2.24) is 15.2 Å². The second-order valence-electron chi connectivity index (χ2n) is 5.23. The van der Waals surface area contributed by atoms with E-state index in [1.807, 2.05) is 0 Å². The van der Waals surface area contributed by atoms with Gasteiger partial charge in [0.25, 0.3) is 5.91 Å². The minimum atomic E-state index is -0.467. The number of para-hydroxylation sites is 1. The van der Waals surface area contributed by atoms with Crippen molar-refractivity contribution in [2.75, 3.05) is 36.9 Å². The van der Waals surface area contributed by atoms with Crippen LogP contribution in [-0.4, -0.2) is 48.1 Å². The number of piperazine rings is 1. The first kappa shape index (κ1) is 17.1. The zero-order valence-electron chi connectivity index (χ0n) is 13.3. The second kappa shape index (κ2) is 7.92. The van der Waals surface area contributed by atoms with Gasteiger partial charge in [-0.15, -0.1) is 0 Å². The molecule has 2 heterocycles. The van der Waals surface area contributed by atoms with Crippen LogP contribution in [0.15, 0.2) is 30.5 Å². The fourth-order valence-corrected chi connectivity index (χ4v) is 2.93. The van der Waals surface area contributed by atoms with Crippen molar-refractivity contribution in [1.29, 1.82) is 0 Å². The quantitative estimate of drug-likeness (QED) is 0.474. The monoisotopic (exact) mass is 362 g/mol. The molecule has 1 saturated heterocycles. The summed E-state index contributed by atoms with van der Waals surface area (Å²) in [6.07, 6.45) is 1.04. The topological polar surface area (TPSA) is 122 Å². The van der Waals surface area contributed by atoms with Gasteiger partial charge < -0.3 is 20.4 Å². The van der Waals surface area contributed by atoms with E-state index in [4.69, 9.17) is 10.6 Å². The second-order valence-corrected chi connectivity index (χ2v) is 6.26. The Morgan fingerprint density at radius 1 is 1.28 bits per heavy atom. The summed E-state index contributed by atoms with van der Waals surface area (Å²) < 4.78 is 5.42. The highest BCUT2D eigenvalue weighted by Gasteiger charge is 2.21. The van der Waals surface area contributed by atoms with Crippen LogP contribution in [0.3, 0.4) is 0 Å². The highest BCUT2D eigenvalue weighted by molar-refractivity contribution is 7.19. The molecule has 1 aliphatic heterocycles. The van der Waals surface area contributed by atoms with Crippen LogP contribution in [-0.2, 0) is 0 Å². The standard InChI is InChI=1S/C15H18N6O3S/c16-20-12-9-18-14(25-12)19-13(22)10-3-1-2-4-11(10)24-15(23)21-7-5-17-6-8-21/h1-4,9,17,20H,5-8,16H2,(H,18,19,22). The summed E-state index contributed by atoms with van der Waals surface area (Å²) in [6, 6.07) is 6.58. The molecule has 132 valence electrons. The third-order valence-corrected chi connectivity index (χ3v) is 4.42. The predicted molar refractivity (Wildman–Crippen MR) is 94.8 cm³/mol. The molecule has 0 radical (unpaired) electrons. The number of benzene rings is 1. The SMILES string of the molecule is NNc1cnc(NC(=O)c2ccccc2OC(=O)N2CCNCC2)s1. The zero-order chi connectivity index (χ0) is 17.6. The zero-order valence-corrected chi connectivity index (χ0v) is 14.1. The minimum Gasteiger partial charge on any atom is -0.409 e. The molecule has 1 fully saturated rings. The van der Waals surface area contributed by atoms with Crippen LogP contribution in [0.1, 0.15) is 10.4 Å². The normalized spacial score (nSPS) is 14.0. The average molecular weight is 362 g/mol. The molecular formula is C15H18N6O3S. The van der Waals surface area contributed by atoms with Gasteiger partial charge in [0, 0.05) is 26.2 Å². The van der Waals surface area contributed by atoms with Gasteiger partial charge in [-0.05, 0) is 12.1 Å². The van der Waals surface area contributed by atoms with E-state index in [-0.39, 0.29) is 11.3 Å². The van der Waals surface area contributed by atoms with E-state index >= 15 is 0 Å². The van der Waals surface area contributed by atoms with Gasteiger partial charge in [-0.3, -0.25) is 10.1 Å². The van der Waals surface area contributed by atoms with Crippen molar-refractivity contribution in [3.05, 3.63) is 36.0 Å². The van der Waals surface area contributed by atoms with Crippen LogP contribution in [0.4, 0.5) is 14.9 Å². The number of ether oxygens (including phenoxy) is 1. The van der Waals surface area contributed by atoms with Crippen LogP contribution in [0.5, 0.6) is 5.75 Å². The first-order valence-electron chi connectivity index (χ1n) is 7.67. The van der Waals surface area contributed by atoms with Crippen LogP contribution in [0, 0.1) is 0 Å². The molecule has 2 amide bonds. The summed E-state index contributed by atoms with van der Waals surface area (Å²) in [4.78, 5) is 30.4. The lowest BCUT2D eigenvalue weighted by atomic mass is 10.2. The van der Waals surface area contributed by atoms with Gasteiger partial charge >= 0.3 is 6.09 Å². The Bertz CT molecular complexity index is 759. The number of carbonyl (C=O) groups excluding carboxylic acids is 2. The number of nitrogen functional groups attached to an aromatic ring is 1. The number of carbonyl (C=O) groups is 2. The maximum absolute atomic E-state index is 12.5. The summed E-state index contributed by atoms with van der Waals surface area (Å²) >= 11 is 1.20. The fraction of sp³-hybridized carbons (Fsp3) is 0.267. The lowest BCUT2D eigenvalue weighted by Gasteiger charge is -2.26. The van der Waals surface area contributed by atoms with Crippen molar-refractivity contribution in [2.45, 2.75) is 0 Å². The average Bonchev–Trinajstić information content (AvgIpc) is 3.10. The van der Waals surface area contributed by atoms with Crippen molar-refractivity contribution in [3.63, 3.8) is 0 Å². The molecule has 1 aromatic carbocycles.